The zero-order valence-electron chi connectivity index (χ0n) is 12.9. The molecule has 2 amide bonds. The van der Waals surface area contributed by atoms with E-state index in [4.69, 9.17) is 9.47 Å². The van der Waals surface area contributed by atoms with Crippen LogP contribution in [0.15, 0.2) is 0 Å². The Balaban J connectivity index is 1.67. The van der Waals surface area contributed by atoms with Crippen LogP contribution in [0.1, 0.15) is 40.0 Å². The zero-order valence-corrected chi connectivity index (χ0v) is 12.9. The lowest BCUT2D eigenvalue weighted by Gasteiger charge is -2.31. The normalized spacial score (nSPS) is 30.4. The van der Waals surface area contributed by atoms with Gasteiger partial charge < -0.3 is 20.1 Å². The summed E-state index contributed by atoms with van der Waals surface area (Å²) in [6.45, 7) is 9.47. The third kappa shape index (κ3) is 4.35. The smallest absolute Gasteiger partial charge is 0.314 e. The fraction of sp³-hybridized carbons (Fsp3) is 0.933. The van der Waals surface area contributed by atoms with E-state index in [1.807, 2.05) is 0 Å². The molecule has 2 rings (SSSR count). The average Bonchev–Trinajstić information content (AvgIpc) is 3.03. The first-order chi connectivity index (χ1) is 9.47. The van der Waals surface area contributed by atoms with Crippen LogP contribution in [0.25, 0.3) is 0 Å². The van der Waals surface area contributed by atoms with Crippen molar-refractivity contribution in [3.8, 4) is 0 Å². The Morgan fingerprint density at radius 1 is 1.10 bits per heavy atom. The number of urea groups is 1. The summed E-state index contributed by atoms with van der Waals surface area (Å²) >= 11 is 0. The van der Waals surface area contributed by atoms with E-state index in [2.05, 4.69) is 31.4 Å². The number of carbonyl (C=O) groups is 1. The predicted molar refractivity (Wildman–Crippen MR) is 77.7 cm³/mol. The molecule has 2 aliphatic heterocycles. The van der Waals surface area contributed by atoms with Gasteiger partial charge in [0.05, 0.1) is 12.2 Å². The lowest BCUT2D eigenvalue weighted by atomic mass is 9.81. The molecule has 5 nitrogen and oxygen atoms in total. The maximum atomic E-state index is 11.8. The molecule has 0 unspecified atom stereocenters. The number of nitrogens with one attached hydrogen (secondary N) is 2. The summed E-state index contributed by atoms with van der Waals surface area (Å²) in [5, 5.41) is 5.85. The summed E-state index contributed by atoms with van der Waals surface area (Å²) < 4.78 is 11.3. The Kier molecular flexibility index (Phi) is 5.27. The number of hydrogen-bond acceptors (Lipinski definition) is 3. The zero-order chi connectivity index (χ0) is 14.6. The average molecular weight is 284 g/mol. The quantitative estimate of drug-likeness (QED) is 0.829. The summed E-state index contributed by atoms with van der Waals surface area (Å²) in [5.41, 5.74) is 0.122. The van der Waals surface area contributed by atoms with Gasteiger partial charge in [-0.2, -0.15) is 0 Å². The monoisotopic (exact) mass is 284 g/mol. The van der Waals surface area contributed by atoms with Gasteiger partial charge in [0.15, 0.2) is 0 Å². The Hall–Kier alpha value is -0.810. The first-order valence-corrected chi connectivity index (χ1v) is 7.71. The van der Waals surface area contributed by atoms with Crippen molar-refractivity contribution in [3.05, 3.63) is 0 Å². The van der Waals surface area contributed by atoms with Gasteiger partial charge in [-0.05, 0) is 24.7 Å². The third-order valence-electron chi connectivity index (χ3n) is 4.11. The molecule has 0 aromatic carbocycles. The second kappa shape index (κ2) is 6.76. The Morgan fingerprint density at radius 3 is 2.50 bits per heavy atom. The molecule has 3 atom stereocenters. The van der Waals surface area contributed by atoms with E-state index in [1.54, 1.807) is 0 Å². The molecule has 0 aromatic heterocycles. The molecule has 0 aromatic rings. The number of carbonyl (C=O) groups excluding carboxylic acids is 1. The molecule has 0 aliphatic carbocycles. The molecule has 2 saturated heterocycles. The summed E-state index contributed by atoms with van der Waals surface area (Å²) in [6, 6.07) is -0.0972. The fourth-order valence-corrected chi connectivity index (χ4v) is 3.10. The first-order valence-electron chi connectivity index (χ1n) is 7.71. The van der Waals surface area contributed by atoms with E-state index in [0.29, 0.717) is 19.0 Å². The highest BCUT2D eigenvalue weighted by molar-refractivity contribution is 5.73. The molecule has 20 heavy (non-hydrogen) atoms. The largest absolute Gasteiger partial charge is 0.377 e. The van der Waals surface area contributed by atoms with Crippen LogP contribution in [-0.2, 0) is 9.47 Å². The number of hydrogen-bond donors (Lipinski definition) is 2. The maximum Gasteiger partial charge on any atom is 0.314 e. The highest BCUT2D eigenvalue weighted by Gasteiger charge is 2.37. The van der Waals surface area contributed by atoms with Crippen LogP contribution in [0.3, 0.4) is 0 Å². The lowest BCUT2D eigenvalue weighted by Crippen LogP contribution is -2.44. The molecular formula is C15H28N2O3. The molecule has 2 aliphatic rings. The minimum absolute atomic E-state index is 0.0972. The van der Waals surface area contributed by atoms with Crippen molar-refractivity contribution in [1.82, 2.24) is 10.6 Å². The van der Waals surface area contributed by atoms with Gasteiger partial charge in [-0.3, -0.25) is 0 Å². The molecule has 5 heteroatoms. The number of ether oxygens (including phenoxy) is 2. The lowest BCUT2D eigenvalue weighted by molar-refractivity contribution is 0.00773. The highest BCUT2D eigenvalue weighted by Crippen LogP contribution is 2.34. The summed E-state index contributed by atoms with van der Waals surface area (Å²) in [6.07, 6.45) is 3.58. The Bertz CT molecular complexity index is 322. The number of amides is 2. The van der Waals surface area contributed by atoms with E-state index in [-0.39, 0.29) is 23.7 Å². The number of rotatable bonds is 4. The topological polar surface area (TPSA) is 59.6 Å². The van der Waals surface area contributed by atoms with E-state index < -0.39 is 0 Å². The van der Waals surface area contributed by atoms with Crippen molar-refractivity contribution in [3.63, 3.8) is 0 Å². The Morgan fingerprint density at radius 2 is 1.85 bits per heavy atom. The Labute approximate surface area is 121 Å². The van der Waals surface area contributed by atoms with Crippen molar-refractivity contribution in [1.29, 1.82) is 0 Å². The van der Waals surface area contributed by atoms with Gasteiger partial charge in [-0.1, -0.05) is 20.8 Å². The molecule has 2 heterocycles. The summed E-state index contributed by atoms with van der Waals surface area (Å²) in [5.74, 6) is 0.406. The van der Waals surface area contributed by atoms with Gasteiger partial charge in [0.1, 0.15) is 0 Å². The van der Waals surface area contributed by atoms with E-state index in [1.165, 1.54) is 0 Å². The van der Waals surface area contributed by atoms with E-state index in [0.717, 1.165) is 32.5 Å². The van der Waals surface area contributed by atoms with Crippen molar-refractivity contribution in [2.75, 3.05) is 26.3 Å². The van der Waals surface area contributed by atoms with Crippen LogP contribution in [-0.4, -0.2) is 44.5 Å². The van der Waals surface area contributed by atoms with Crippen LogP contribution in [0.2, 0.25) is 0 Å². The molecule has 2 N–H and O–H groups in total. The standard InChI is InChI=1S/C15H28N2O3/c1-15(2,3)13-11(6-8-20-13)9-16-14(18)17-10-12-5-4-7-19-12/h11-13H,4-10H2,1-3H3,(H2,16,17,18)/t11-,12+,13+/m1/s1. The van der Waals surface area contributed by atoms with E-state index in [9.17, 15) is 4.79 Å². The SMILES string of the molecule is CC(C)(C)[C@H]1OCC[C@@H]1CNC(=O)NC[C@@H]1CCCO1. The van der Waals surface area contributed by atoms with Crippen molar-refractivity contribution in [2.24, 2.45) is 11.3 Å². The van der Waals surface area contributed by atoms with Crippen LogP contribution < -0.4 is 10.6 Å². The molecule has 0 radical (unpaired) electrons. The highest BCUT2D eigenvalue weighted by atomic mass is 16.5. The van der Waals surface area contributed by atoms with Crippen LogP contribution in [0, 0.1) is 11.3 Å². The second-order valence-electron chi connectivity index (χ2n) is 6.93. The second-order valence-corrected chi connectivity index (χ2v) is 6.93. The van der Waals surface area contributed by atoms with Gasteiger partial charge in [0.25, 0.3) is 0 Å². The summed E-state index contributed by atoms with van der Waals surface area (Å²) in [4.78, 5) is 11.8. The maximum absolute atomic E-state index is 11.8. The van der Waals surface area contributed by atoms with Crippen molar-refractivity contribution >= 4 is 6.03 Å². The van der Waals surface area contributed by atoms with Gasteiger partial charge in [-0.15, -0.1) is 0 Å². The predicted octanol–water partition coefficient (Wildman–Crippen LogP) is 1.92. The fourth-order valence-electron chi connectivity index (χ4n) is 3.10. The van der Waals surface area contributed by atoms with Crippen LogP contribution >= 0.6 is 0 Å². The minimum atomic E-state index is -0.0972. The van der Waals surface area contributed by atoms with Gasteiger partial charge >= 0.3 is 6.03 Å². The summed E-state index contributed by atoms with van der Waals surface area (Å²) in [7, 11) is 0. The molecule has 116 valence electrons. The van der Waals surface area contributed by atoms with Gasteiger partial charge in [0.2, 0.25) is 0 Å². The molecule has 0 spiro atoms. The van der Waals surface area contributed by atoms with Gasteiger partial charge in [-0.25, -0.2) is 4.79 Å². The van der Waals surface area contributed by atoms with E-state index >= 15 is 0 Å². The van der Waals surface area contributed by atoms with Crippen LogP contribution in [0.4, 0.5) is 4.79 Å². The van der Waals surface area contributed by atoms with Crippen molar-refractivity contribution in [2.45, 2.75) is 52.2 Å². The van der Waals surface area contributed by atoms with Crippen LogP contribution in [0.5, 0.6) is 0 Å². The third-order valence-corrected chi connectivity index (χ3v) is 4.11. The minimum Gasteiger partial charge on any atom is -0.377 e. The first kappa shape index (κ1) is 15.6. The van der Waals surface area contributed by atoms with Crippen molar-refractivity contribution < 1.29 is 14.3 Å². The molecular weight excluding hydrogens is 256 g/mol. The molecule has 0 bridgehead atoms. The molecule has 0 saturated carbocycles. The van der Waals surface area contributed by atoms with Gasteiger partial charge in [0, 0.05) is 32.2 Å². The molecule has 2 fully saturated rings.